The molecule has 1 rings (SSSR count). The van der Waals surface area contributed by atoms with Gasteiger partial charge in [-0.1, -0.05) is 44.9 Å². The minimum Gasteiger partial charge on any atom is -0.332 e. The van der Waals surface area contributed by atoms with Gasteiger partial charge < -0.3 is 4.72 Å². The smallest absolute Gasteiger partial charge is 0.0467 e. The maximum atomic E-state index is 3.93. The molecule has 0 spiro atoms. The highest BCUT2D eigenvalue weighted by molar-refractivity contribution is 7.81. The molecule has 0 radical (unpaired) electrons. The van der Waals surface area contributed by atoms with Gasteiger partial charge in [-0.25, -0.2) is 0 Å². The second-order valence-electron chi connectivity index (χ2n) is 1.93. The number of benzene rings is 1. The van der Waals surface area contributed by atoms with E-state index in [0.29, 0.717) is 0 Å². The van der Waals surface area contributed by atoms with Gasteiger partial charge >= 0.3 is 0 Å². The molecule has 0 unspecified atom stereocenters. The van der Waals surface area contributed by atoms with Gasteiger partial charge in [-0.3, -0.25) is 0 Å². The number of rotatable bonds is 1. The molecular weight excluding hydrogens is 154 g/mol. The maximum absolute atomic E-state index is 3.93. The number of thiol groups is 1. The zero-order chi connectivity index (χ0) is 8.69. The second kappa shape index (κ2) is 6.10. The van der Waals surface area contributed by atoms with Crippen molar-refractivity contribution in [2.75, 3.05) is 4.72 Å². The standard InChI is InChI=1S/C7H9NS.C2H6/c1-6-4-2-3-5-7(6)8-9;1-2/h2-5,8-9H,1H3;1-2H3. The molecule has 11 heavy (non-hydrogen) atoms. The van der Waals surface area contributed by atoms with Crippen molar-refractivity contribution in [2.24, 2.45) is 0 Å². The van der Waals surface area contributed by atoms with E-state index in [4.69, 9.17) is 0 Å². The minimum absolute atomic E-state index is 1.07. The Morgan fingerprint density at radius 2 is 1.73 bits per heavy atom. The van der Waals surface area contributed by atoms with E-state index in [0.717, 1.165) is 5.69 Å². The largest absolute Gasteiger partial charge is 0.332 e. The Morgan fingerprint density at radius 3 is 2.09 bits per heavy atom. The molecule has 62 valence electrons. The summed E-state index contributed by atoms with van der Waals surface area (Å²) in [5.74, 6) is 0. The average Bonchev–Trinajstić information content (AvgIpc) is 2.09. The quantitative estimate of drug-likeness (QED) is 0.615. The van der Waals surface area contributed by atoms with E-state index in [-0.39, 0.29) is 0 Å². The summed E-state index contributed by atoms with van der Waals surface area (Å²) in [6.07, 6.45) is 0. The van der Waals surface area contributed by atoms with Gasteiger partial charge in [0.15, 0.2) is 0 Å². The first-order chi connectivity index (χ1) is 5.34. The third-order valence-electron chi connectivity index (χ3n) is 1.27. The number of hydrogen-bond acceptors (Lipinski definition) is 2. The molecule has 0 bridgehead atoms. The van der Waals surface area contributed by atoms with Crippen LogP contribution in [0.4, 0.5) is 5.69 Å². The summed E-state index contributed by atoms with van der Waals surface area (Å²) in [5, 5.41) is 0. The van der Waals surface area contributed by atoms with Crippen LogP contribution in [-0.2, 0) is 0 Å². The first kappa shape index (κ1) is 10.4. The molecule has 1 N–H and O–H groups in total. The first-order valence-electron chi connectivity index (χ1n) is 3.80. The van der Waals surface area contributed by atoms with E-state index in [9.17, 15) is 0 Å². The molecule has 0 amide bonds. The topological polar surface area (TPSA) is 12.0 Å². The number of para-hydroxylation sites is 1. The van der Waals surface area contributed by atoms with Crippen molar-refractivity contribution < 1.29 is 0 Å². The monoisotopic (exact) mass is 169 g/mol. The molecular formula is C9H15NS. The van der Waals surface area contributed by atoms with Crippen molar-refractivity contribution in [1.29, 1.82) is 0 Å². The summed E-state index contributed by atoms with van der Waals surface area (Å²) < 4.78 is 2.79. The van der Waals surface area contributed by atoms with Gasteiger partial charge in [0, 0.05) is 5.69 Å². The molecule has 2 heteroatoms. The van der Waals surface area contributed by atoms with Crippen LogP contribution in [0, 0.1) is 6.92 Å². The zero-order valence-corrected chi connectivity index (χ0v) is 8.15. The van der Waals surface area contributed by atoms with Gasteiger partial charge in [0.05, 0.1) is 0 Å². The van der Waals surface area contributed by atoms with Gasteiger partial charge in [-0.15, -0.1) is 0 Å². The summed E-state index contributed by atoms with van der Waals surface area (Å²) in [4.78, 5) is 0. The van der Waals surface area contributed by atoms with Crippen molar-refractivity contribution >= 4 is 18.5 Å². The Balaban J connectivity index is 0.000000461. The Morgan fingerprint density at radius 1 is 1.18 bits per heavy atom. The van der Waals surface area contributed by atoms with Crippen LogP contribution in [0.1, 0.15) is 19.4 Å². The number of anilines is 1. The van der Waals surface area contributed by atoms with Gasteiger partial charge in [0.25, 0.3) is 0 Å². The molecule has 1 aromatic carbocycles. The van der Waals surface area contributed by atoms with Crippen molar-refractivity contribution in [1.82, 2.24) is 0 Å². The van der Waals surface area contributed by atoms with Gasteiger partial charge in [0.2, 0.25) is 0 Å². The Hall–Kier alpha value is -0.630. The molecule has 1 nitrogen and oxygen atoms in total. The van der Waals surface area contributed by atoms with Crippen LogP contribution in [0.2, 0.25) is 0 Å². The fourth-order valence-electron chi connectivity index (χ4n) is 0.698. The fourth-order valence-corrected chi connectivity index (χ4v) is 0.949. The van der Waals surface area contributed by atoms with Gasteiger partial charge in [0.1, 0.15) is 0 Å². The molecule has 0 aliphatic heterocycles. The van der Waals surface area contributed by atoms with E-state index in [2.05, 4.69) is 17.5 Å². The molecule has 0 aliphatic carbocycles. The average molecular weight is 169 g/mol. The SMILES string of the molecule is CC.Cc1ccccc1NS. The fraction of sp³-hybridized carbons (Fsp3) is 0.333. The summed E-state index contributed by atoms with van der Waals surface area (Å²) in [5.41, 5.74) is 2.29. The van der Waals surface area contributed by atoms with Crippen LogP contribution < -0.4 is 4.72 Å². The molecule has 0 fully saturated rings. The molecule has 0 heterocycles. The second-order valence-corrected chi connectivity index (χ2v) is 2.15. The van der Waals surface area contributed by atoms with Crippen LogP contribution in [0.3, 0.4) is 0 Å². The molecule has 0 atom stereocenters. The highest BCUT2D eigenvalue weighted by Gasteiger charge is 1.89. The van der Waals surface area contributed by atoms with Crippen molar-refractivity contribution in [3.8, 4) is 0 Å². The van der Waals surface area contributed by atoms with Gasteiger partial charge in [-0.05, 0) is 18.6 Å². The van der Waals surface area contributed by atoms with Crippen LogP contribution in [0.15, 0.2) is 24.3 Å². The molecule has 0 saturated heterocycles. The lowest BCUT2D eigenvalue weighted by Crippen LogP contribution is -1.82. The maximum Gasteiger partial charge on any atom is 0.0467 e. The zero-order valence-electron chi connectivity index (χ0n) is 7.26. The molecule has 0 aromatic heterocycles. The highest BCUT2D eigenvalue weighted by atomic mass is 32.1. The Bertz CT molecular complexity index is 199. The van der Waals surface area contributed by atoms with E-state index in [1.165, 1.54) is 5.56 Å². The summed E-state index contributed by atoms with van der Waals surface area (Å²) in [6.45, 7) is 6.04. The Kier molecular flexibility index (Phi) is 5.75. The summed E-state index contributed by atoms with van der Waals surface area (Å²) in [7, 11) is 0. The van der Waals surface area contributed by atoms with E-state index < -0.39 is 0 Å². The van der Waals surface area contributed by atoms with E-state index >= 15 is 0 Å². The molecule has 0 aliphatic rings. The van der Waals surface area contributed by atoms with E-state index in [1.54, 1.807) is 0 Å². The van der Waals surface area contributed by atoms with Crippen molar-refractivity contribution in [3.05, 3.63) is 29.8 Å². The lowest BCUT2D eigenvalue weighted by molar-refractivity contribution is 1.47. The third kappa shape index (κ3) is 3.33. The highest BCUT2D eigenvalue weighted by Crippen LogP contribution is 2.12. The predicted molar refractivity (Wildman–Crippen MR) is 55.1 cm³/mol. The summed E-state index contributed by atoms with van der Waals surface area (Å²) >= 11 is 3.93. The lowest BCUT2D eigenvalue weighted by atomic mass is 10.2. The molecule has 0 saturated carbocycles. The Labute approximate surface area is 74.4 Å². The number of aryl methyl sites for hydroxylation is 1. The first-order valence-corrected chi connectivity index (χ1v) is 4.25. The van der Waals surface area contributed by atoms with Gasteiger partial charge in [-0.2, -0.15) is 0 Å². The number of nitrogens with one attached hydrogen (secondary N) is 1. The minimum atomic E-state index is 1.07. The van der Waals surface area contributed by atoms with Crippen molar-refractivity contribution in [3.63, 3.8) is 0 Å². The third-order valence-corrected chi connectivity index (χ3v) is 1.51. The summed E-state index contributed by atoms with van der Waals surface area (Å²) in [6, 6.07) is 8.01. The van der Waals surface area contributed by atoms with Crippen LogP contribution in [0.5, 0.6) is 0 Å². The number of hydrogen-bond donors (Lipinski definition) is 2. The van der Waals surface area contributed by atoms with Crippen LogP contribution in [0.25, 0.3) is 0 Å². The van der Waals surface area contributed by atoms with Crippen molar-refractivity contribution in [2.45, 2.75) is 20.8 Å². The predicted octanol–water partition coefficient (Wildman–Crippen LogP) is 3.28. The molecule has 1 aromatic rings. The van der Waals surface area contributed by atoms with Crippen LogP contribution >= 0.6 is 12.8 Å². The van der Waals surface area contributed by atoms with E-state index in [1.807, 2.05) is 45.0 Å². The normalized spacial score (nSPS) is 8.00. The van der Waals surface area contributed by atoms with Crippen LogP contribution in [-0.4, -0.2) is 0 Å². The lowest BCUT2D eigenvalue weighted by Gasteiger charge is -2.00.